The molecule has 8 heteroatoms. The van der Waals surface area contributed by atoms with Crippen molar-refractivity contribution in [1.82, 2.24) is 15.1 Å². The molecule has 0 radical (unpaired) electrons. The highest BCUT2D eigenvalue weighted by Gasteiger charge is 2.16. The molecule has 5 nitrogen and oxygen atoms in total. The third-order valence-corrected chi connectivity index (χ3v) is 5.96. The Hall–Kier alpha value is -0.820. The molecule has 1 aromatic heterocycles. The molecule has 0 spiro atoms. The van der Waals surface area contributed by atoms with Gasteiger partial charge in [-0.15, -0.1) is 0 Å². The summed E-state index contributed by atoms with van der Waals surface area (Å²) in [6.07, 6.45) is 3.48. The van der Waals surface area contributed by atoms with Crippen LogP contribution in [0.25, 0.3) is 0 Å². The van der Waals surface area contributed by atoms with E-state index in [0.717, 1.165) is 55.8 Å². The summed E-state index contributed by atoms with van der Waals surface area (Å²) in [7, 11) is 0. The molecule has 1 aliphatic rings. The number of nitrogens with zero attached hydrogens (tertiary/aromatic N) is 2. The molecule has 1 N–H and O–H groups in total. The third kappa shape index (κ3) is 5.85. The molecule has 3 rings (SSSR count). The van der Waals surface area contributed by atoms with E-state index in [9.17, 15) is 0 Å². The molecular formula is C20H26Cl3N3O2. The Kier molecular flexibility index (Phi) is 8.45. The third-order valence-electron chi connectivity index (χ3n) is 4.82. The molecule has 0 saturated carbocycles. The number of ether oxygens (including phenoxy) is 2. The second-order valence-corrected chi connectivity index (χ2v) is 8.13. The van der Waals surface area contributed by atoms with E-state index in [1.54, 1.807) is 4.68 Å². The van der Waals surface area contributed by atoms with Gasteiger partial charge in [0, 0.05) is 40.9 Å². The highest BCUT2D eigenvalue weighted by molar-refractivity contribution is 6.36. The molecule has 1 fully saturated rings. The van der Waals surface area contributed by atoms with E-state index in [1.807, 2.05) is 25.1 Å². The standard InChI is InChI=1S/C20H26Cl3N3O2/c1-14-16(11-24-8-4-9-27-13-15-5-3-10-28-15)20(23)26(25-14)12-17-18(21)6-2-7-19(17)22/h2,6-7,15,24H,3-5,8-13H2,1H3/t15-/m0/s1. The van der Waals surface area contributed by atoms with Crippen LogP contribution in [0.1, 0.15) is 36.1 Å². The molecule has 2 aromatic rings. The van der Waals surface area contributed by atoms with Crippen LogP contribution in [0, 0.1) is 6.92 Å². The van der Waals surface area contributed by atoms with Crippen LogP contribution < -0.4 is 5.32 Å². The van der Waals surface area contributed by atoms with E-state index < -0.39 is 0 Å². The summed E-state index contributed by atoms with van der Waals surface area (Å²) >= 11 is 19.1. The van der Waals surface area contributed by atoms with Gasteiger partial charge in [-0.2, -0.15) is 5.10 Å². The van der Waals surface area contributed by atoms with Crippen LogP contribution in [0.15, 0.2) is 18.2 Å². The molecule has 2 heterocycles. The van der Waals surface area contributed by atoms with Crippen molar-refractivity contribution in [2.24, 2.45) is 0 Å². The van der Waals surface area contributed by atoms with E-state index >= 15 is 0 Å². The first kappa shape index (κ1) is 21.9. The number of rotatable bonds is 10. The molecule has 0 aliphatic carbocycles. The van der Waals surface area contributed by atoms with Gasteiger partial charge in [0.15, 0.2) is 0 Å². The second kappa shape index (κ2) is 10.8. The van der Waals surface area contributed by atoms with Gasteiger partial charge < -0.3 is 14.8 Å². The minimum Gasteiger partial charge on any atom is -0.379 e. The quantitative estimate of drug-likeness (QED) is 0.529. The van der Waals surface area contributed by atoms with Crippen molar-refractivity contribution in [3.8, 4) is 0 Å². The fourth-order valence-electron chi connectivity index (χ4n) is 3.23. The van der Waals surface area contributed by atoms with Crippen LogP contribution in [-0.4, -0.2) is 42.2 Å². The largest absolute Gasteiger partial charge is 0.379 e. The van der Waals surface area contributed by atoms with Gasteiger partial charge in [-0.05, 0) is 44.9 Å². The number of benzene rings is 1. The smallest absolute Gasteiger partial charge is 0.132 e. The summed E-state index contributed by atoms with van der Waals surface area (Å²) < 4.78 is 13.0. The van der Waals surface area contributed by atoms with E-state index in [4.69, 9.17) is 44.3 Å². The van der Waals surface area contributed by atoms with Gasteiger partial charge in [0.1, 0.15) is 5.15 Å². The fourth-order valence-corrected chi connectivity index (χ4v) is 4.05. The van der Waals surface area contributed by atoms with Crippen molar-refractivity contribution in [2.75, 3.05) is 26.4 Å². The Bertz CT molecular complexity index is 756. The number of aryl methyl sites for hydroxylation is 1. The van der Waals surface area contributed by atoms with Crippen molar-refractivity contribution in [3.63, 3.8) is 0 Å². The molecule has 28 heavy (non-hydrogen) atoms. The van der Waals surface area contributed by atoms with Gasteiger partial charge >= 0.3 is 0 Å². The lowest BCUT2D eigenvalue weighted by molar-refractivity contribution is 0.0166. The zero-order chi connectivity index (χ0) is 19.9. The summed E-state index contributed by atoms with van der Waals surface area (Å²) in [6, 6.07) is 5.46. The average molecular weight is 447 g/mol. The van der Waals surface area contributed by atoms with Crippen molar-refractivity contribution < 1.29 is 9.47 Å². The second-order valence-electron chi connectivity index (χ2n) is 6.95. The van der Waals surface area contributed by atoms with Gasteiger partial charge in [-0.25, -0.2) is 4.68 Å². The molecule has 1 atom stereocenters. The van der Waals surface area contributed by atoms with Crippen LogP contribution in [0.5, 0.6) is 0 Å². The van der Waals surface area contributed by atoms with Gasteiger partial charge in [0.25, 0.3) is 0 Å². The lowest BCUT2D eigenvalue weighted by atomic mass is 10.2. The van der Waals surface area contributed by atoms with Crippen LogP contribution in [0.3, 0.4) is 0 Å². The number of halogens is 3. The SMILES string of the molecule is Cc1nn(Cc2c(Cl)cccc2Cl)c(Cl)c1CNCCCOC[C@@H]1CCCO1. The summed E-state index contributed by atoms with van der Waals surface area (Å²) in [5, 5.41) is 9.79. The first-order valence-electron chi connectivity index (χ1n) is 9.61. The first-order valence-corrected chi connectivity index (χ1v) is 10.7. The lowest BCUT2D eigenvalue weighted by Gasteiger charge is -2.10. The molecule has 0 unspecified atom stereocenters. The minimum atomic E-state index is 0.284. The number of hydrogen-bond acceptors (Lipinski definition) is 4. The van der Waals surface area contributed by atoms with Crippen molar-refractivity contribution in [2.45, 2.75) is 45.4 Å². The van der Waals surface area contributed by atoms with Gasteiger partial charge in [-0.1, -0.05) is 40.9 Å². The summed E-state index contributed by atoms with van der Waals surface area (Å²) in [4.78, 5) is 0. The highest BCUT2D eigenvalue weighted by Crippen LogP contribution is 2.27. The molecule has 0 amide bonds. The zero-order valence-electron chi connectivity index (χ0n) is 16.0. The normalized spacial score (nSPS) is 16.8. The van der Waals surface area contributed by atoms with Crippen LogP contribution in [-0.2, 0) is 22.6 Å². The van der Waals surface area contributed by atoms with Crippen LogP contribution in [0.2, 0.25) is 15.2 Å². The maximum absolute atomic E-state index is 6.56. The Morgan fingerprint density at radius 2 is 2.04 bits per heavy atom. The summed E-state index contributed by atoms with van der Waals surface area (Å²) in [5.41, 5.74) is 2.71. The van der Waals surface area contributed by atoms with Crippen molar-refractivity contribution in [3.05, 3.63) is 50.2 Å². The van der Waals surface area contributed by atoms with E-state index in [1.165, 1.54) is 0 Å². The maximum atomic E-state index is 6.56. The predicted octanol–water partition coefficient (Wildman–Crippen LogP) is 4.88. The number of aromatic nitrogens is 2. The molecule has 0 bridgehead atoms. The van der Waals surface area contributed by atoms with Crippen LogP contribution >= 0.6 is 34.8 Å². The Morgan fingerprint density at radius 3 is 2.75 bits per heavy atom. The first-order chi connectivity index (χ1) is 13.6. The van der Waals surface area contributed by atoms with Crippen LogP contribution in [0.4, 0.5) is 0 Å². The monoisotopic (exact) mass is 445 g/mol. The van der Waals surface area contributed by atoms with E-state index in [-0.39, 0.29) is 6.10 Å². The van der Waals surface area contributed by atoms with Gasteiger partial charge in [-0.3, -0.25) is 0 Å². The Morgan fingerprint density at radius 1 is 1.25 bits per heavy atom. The molecule has 1 saturated heterocycles. The van der Waals surface area contributed by atoms with Gasteiger partial charge in [0.05, 0.1) is 24.9 Å². The Balaban J connectivity index is 1.44. The zero-order valence-corrected chi connectivity index (χ0v) is 18.3. The summed E-state index contributed by atoms with van der Waals surface area (Å²) in [6.45, 7) is 6.20. The van der Waals surface area contributed by atoms with Gasteiger partial charge in [0.2, 0.25) is 0 Å². The lowest BCUT2D eigenvalue weighted by Crippen LogP contribution is -2.19. The number of nitrogens with one attached hydrogen (secondary N) is 1. The molecule has 1 aliphatic heterocycles. The van der Waals surface area contributed by atoms with Crippen molar-refractivity contribution >= 4 is 34.8 Å². The Labute approximate surface area is 181 Å². The molecular weight excluding hydrogens is 421 g/mol. The van der Waals surface area contributed by atoms with E-state index in [0.29, 0.717) is 34.9 Å². The van der Waals surface area contributed by atoms with E-state index in [2.05, 4.69) is 10.4 Å². The number of hydrogen-bond donors (Lipinski definition) is 1. The molecule has 1 aromatic carbocycles. The summed E-state index contributed by atoms with van der Waals surface area (Å²) in [5.74, 6) is 0. The predicted molar refractivity (Wildman–Crippen MR) is 114 cm³/mol. The fraction of sp³-hybridized carbons (Fsp3) is 0.550. The minimum absolute atomic E-state index is 0.284. The molecule has 154 valence electrons. The topological polar surface area (TPSA) is 48.3 Å². The van der Waals surface area contributed by atoms with Crippen molar-refractivity contribution in [1.29, 1.82) is 0 Å². The highest BCUT2D eigenvalue weighted by atomic mass is 35.5. The average Bonchev–Trinajstić information content (AvgIpc) is 3.27. The maximum Gasteiger partial charge on any atom is 0.132 e.